The maximum Gasteiger partial charge on any atom is 0.277 e. The summed E-state index contributed by atoms with van der Waals surface area (Å²) in [7, 11) is 1.54. The van der Waals surface area contributed by atoms with E-state index in [1.165, 1.54) is 31.4 Å². The van der Waals surface area contributed by atoms with Crippen molar-refractivity contribution in [3.8, 4) is 5.75 Å². The Kier molecular flexibility index (Phi) is 3.48. The number of carbonyl (C=O) groups is 2. The van der Waals surface area contributed by atoms with Crippen molar-refractivity contribution in [1.82, 2.24) is 0 Å². The number of ketones is 1. The number of carbonyl (C=O) groups excluding carboxylic acids is 2. The lowest BCUT2D eigenvalue weighted by Crippen LogP contribution is -2.04. The molecule has 0 N–H and O–H groups in total. The molecule has 1 aromatic rings. The van der Waals surface area contributed by atoms with Gasteiger partial charge < -0.3 is 4.74 Å². The lowest BCUT2D eigenvalue weighted by atomic mass is 10.1. The minimum absolute atomic E-state index is 0.109. The van der Waals surface area contributed by atoms with Crippen molar-refractivity contribution < 1.29 is 14.3 Å². The van der Waals surface area contributed by atoms with Crippen LogP contribution < -0.4 is 4.74 Å². The summed E-state index contributed by atoms with van der Waals surface area (Å²) < 4.78 is 5.04. The normalized spacial score (nSPS) is 13.6. The molecule has 0 saturated carbocycles. The van der Waals surface area contributed by atoms with Crippen LogP contribution in [0.1, 0.15) is 10.4 Å². The second kappa shape index (κ2) is 5.23. The highest BCUT2D eigenvalue weighted by atomic mass is 16.5. The number of allylic oxidation sites excluding steroid dienone is 4. The number of methoxy groups -OCH3 is 1. The summed E-state index contributed by atoms with van der Waals surface area (Å²) in [5, 5.41) is 0. The predicted molar refractivity (Wildman–Crippen MR) is 68.0 cm³/mol. The highest BCUT2D eigenvalue weighted by Crippen LogP contribution is 2.13. The largest absolute Gasteiger partial charge is 0.497 e. The van der Waals surface area contributed by atoms with Gasteiger partial charge in [-0.05, 0) is 42.5 Å². The molecule has 0 saturated heterocycles. The number of nitrogens with zero attached hydrogens (tertiary/aromatic N) is 1. The highest BCUT2D eigenvalue weighted by molar-refractivity contribution is 6.20. The van der Waals surface area contributed by atoms with Crippen molar-refractivity contribution in [3.63, 3.8) is 0 Å². The van der Waals surface area contributed by atoms with Crippen LogP contribution in [0.2, 0.25) is 0 Å². The standard InChI is InChI=1S/C14H11NO3/c1-18-13-4-2-3-10(9-13)14(17)15-11-5-7-12(16)8-6-11/h2-9H,1H3. The molecule has 90 valence electrons. The Bertz CT molecular complexity index is 564. The van der Waals surface area contributed by atoms with E-state index in [4.69, 9.17) is 4.74 Å². The van der Waals surface area contributed by atoms with Crippen molar-refractivity contribution in [2.45, 2.75) is 0 Å². The van der Waals surface area contributed by atoms with Crippen molar-refractivity contribution in [3.05, 3.63) is 54.1 Å². The number of hydrogen-bond donors (Lipinski definition) is 0. The van der Waals surface area contributed by atoms with Gasteiger partial charge in [-0.3, -0.25) is 9.59 Å². The van der Waals surface area contributed by atoms with Crippen LogP contribution >= 0.6 is 0 Å². The van der Waals surface area contributed by atoms with Gasteiger partial charge in [-0.1, -0.05) is 6.07 Å². The number of amides is 1. The van der Waals surface area contributed by atoms with Crippen LogP contribution in [0.4, 0.5) is 0 Å². The highest BCUT2D eigenvalue weighted by Gasteiger charge is 2.07. The van der Waals surface area contributed by atoms with Gasteiger partial charge in [0.25, 0.3) is 5.91 Å². The van der Waals surface area contributed by atoms with E-state index in [-0.39, 0.29) is 11.7 Å². The van der Waals surface area contributed by atoms with E-state index in [1.54, 1.807) is 24.3 Å². The van der Waals surface area contributed by atoms with E-state index in [0.717, 1.165) is 0 Å². The maximum absolute atomic E-state index is 11.9. The average Bonchev–Trinajstić information content (AvgIpc) is 2.41. The van der Waals surface area contributed by atoms with Gasteiger partial charge in [0.15, 0.2) is 5.78 Å². The van der Waals surface area contributed by atoms with Gasteiger partial charge in [-0.2, -0.15) is 0 Å². The third-order valence-electron chi connectivity index (χ3n) is 2.38. The van der Waals surface area contributed by atoms with Crippen LogP contribution in [-0.4, -0.2) is 24.5 Å². The molecule has 0 fully saturated rings. The monoisotopic (exact) mass is 241 g/mol. The van der Waals surface area contributed by atoms with Gasteiger partial charge in [0.2, 0.25) is 0 Å². The molecule has 4 nitrogen and oxygen atoms in total. The molecule has 0 spiro atoms. The number of benzene rings is 1. The first kappa shape index (κ1) is 12.0. The van der Waals surface area contributed by atoms with E-state index >= 15 is 0 Å². The van der Waals surface area contributed by atoms with Crippen LogP contribution in [0.25, 0.3) is 0 Å². The van der Waals surface area contributed by atoms with Crippen LogP contribution in [0, 0.1) is 0 Å². The van der Waals surface area contributed by atoms with Crippen LogP contribution in [0.15, 0.2) is 53.6 Å². The lowest BCUT2D eigenvalue weighted by molar-refractivity contribution is -0.110. The van der Waals surface area contributed by atoms with Crippen LogP contribution in [0.3, 0.4) is 0 Å². The number of hydrogen-bond acceptors (Lipinski definition) is 3. The van der Waals surface area contributed by atoms with Gasteiger partial charge in [-0.15, -0.1) is 0 Å². The molecule has 1 amide bonds. The molecule has 0 unspecified atom stereocenters. The maximum atomic E-state index is 11.9. The lowest BCUT2D eigenvalue weighted by Gasteiger charge is -2.02. The fourth-order valence-corrected chi connectivity index (χ4v) is 1.46. The number of aliphatic imine (C=N–C) groups is 1. The second-order valence-corrected chi connectivity index (χ2v) is 3.64. The molecule has 2 rings (SSSR count). The number of ether oxygens (including phenoxy) is 1. The van der Waals surface area contributed by atoms with Crippen molar-refractivity contribution >= 4 is 17.4 Å². The summed E-state index contributed by atoms with van der Waals surface area (Å²) in [5.41, 5.74) is 0.906. The molecule has 0 bridgehead atoms. The van der Waals surface area contributed by atoms with Gasteiger partial charge in [0.1, 0.15) is 5.75 Å². The Morgan fingerprint density at radius 3 is 2.56 bits per heavy atom. The second-order valence-electron chi connectivity index (χ2n) is 3.64. The molecule has 1 aliphatic carbocycles. The van der Waals surface area contributed by atoms with Gasteiger partial charge in [-0.25, -0.2) is 4.99 Å². The molecule has 1 aliphatic rings. The average molecular weight is 241 g/mol. The van der Waals surface area contributed by atoms with Crippen molar-refractivity contribution in [2.24, 2.45) is 4.99 Å². The zero-order chi connectivity index (χ0) is 13.0. The van der Waals surface area contributed by atoms with Gasteiger partial charge in [0, 0.05) is 5.56 Å². The van der Waals surface area contributed by atoms with Gasteiger partial charge >= 0.3 is 0 Å². The molecule has 4 heteroatoms. The first-order chi connectivity index (χ1) is 8.69. The summed E-state index contributed by atoms with van der Waals surface area (Å²) in [5.74, 6) is 0.126. The number of rotatable bonds is 2. The Hall–Kier alpha value is -2.49. The molecular formula is C14H11NO3. The van der Waals surface area contributed by atoms with Crippen LogP contribution in [-0.2, 0) is 4.79 Å². The van der Waals surface area contributed by atoms with Gasteiger partial charge in [0.05, 0.1) is 12.8 Å². The molecular weight excluding hydrogens is 230 g/mol. The van der Waals surface area contributed by atoms with Crippen LogP contribution in [0.5, 0.6) is 5.75 Å². The minimum atomic E-state index is -0.368. The summed E-state index contributed by atoms with van der Waals surface area (Å²) >= 11 is 0. The van der Waals surface area contributed by atoms with E-state index in [0.29, 0.717) is 17.0 Å². The molecule has 0 radical (unpaired) electrons. The Morgan fingerprint density at radius 1 is 1.17 bits per heavy atom. The first-order valence-electron chi connectivity index (χ1n) is 5.36. The zero-order valence-electron chi connectivity index (χ0n) is 9.79. The smallest absolute Gasteiger partial charge is 0.277 e. The molecule has 1 aromatic carbocycles. The summed E-state index contributed by atoms with van der Waals surface area (Å²) in [6.07, 6.45) is 5.77. The molecule has 0 aromatic heterocycles. The Balaban J connectivity index is 2.22. The van der Waals surface area contributed by atoms with E-state index in [1.807, 2.05) is 0 Å². The summed E-state index contributed by atoms with van der Waals surface area (Å²) in [6.45, 7) is 0. The fourth-order valence-electron chi connectivity index (χ4n) is 1.46. The molecule has 0 heterocycles. The Morgan fingerprint density at radius 2 is 1.89 bits per heavy atom. The molecule has 0 aliphatic heterocycles. The topological polar surface area (TPSA) is 55.7 Å². The first-order valence-corrected chi connectivity index (χ1v) is 5.36. The van der Waals surface area contributed by atoms with E-state index in [2.05, 4.69) is 4.99 Å². The van der Waals surface area contributed by atoms with Crippen molar-refractivity contribution in [1.29, 1.82) is 0 Å². The minimum Gasteiger partial charge on any atom is -0.497 e. The van der Waals surface area contributed by atoms with Crippen molar-refractivity contribution in [2.75, 3.05) is 7.11 Å². The zero-order valence-corrected chi connectivity index (χ0v) is 9.79. The Labute approximate surface area is 104 Å². The summed E-state index contributed by atoms with van der Waals surface area (Å²) in [6, 6.07) is 6.76. The quantitative estimate of drug-likeness (QED) is 0.744. The summed E-state index contributed by atoms with van der Waals surface area (Å²) in [4.78, 5) is 26.7. The fraction of sp³-hybridized carbons (Fsp3) is 0.0714. The predicted octanol–water partition coefficient (Wildman–Crippen LogP) is 1.97. The third-order valence-corrected chi connectivity index (χ3v) is 2.38. The molecule has 18 heavy (non-hydrogen) atoms. The molecule has 0 atom stereocenters. The van der Waals surface area contributed by atoms with E-state index < -0.39 is 0 Å². The third kappa shape index (κ3) is 2.79. The SMILES string of the molecule is COc1cccc(C(=O)N=C2C=CC(=O)C=C2)c1. The van der Waals surface area contributed by atoms with E-state index in [9.17, 15) is 9.59 Å².